The fourth-order valence-electron chi connectivity index (χ4n) is 5.27. The van der Waals surface area contributed by atoms with E-state index in [2.05, 4.69) is 21.9 Å². The second-order valence-corrected chi connectivity index (χ2v) is 9.15. The lowest BCUT2D eigenvalue weighted by Gasteiger charge is -2.44. The zero-order valence-electron chi connectivity index (χ0n) is 19.1. The molecule has 1 spiro atoms. The molecule has 2 aliphatic rings. The van der Waals surface area contributed by atoms with Crippen molar-refractivity contribution in [1.82, 2.24) is 19.7 Å². The minimum atomic E-state index is -0.693. The number of aromatic nitrogens is 3. The third-order valence-corrected chi connectivity index (χ3v) is 6.80. The summed E-state index contributed by atoms with van der Waals surface area (Å²) in [5.41, 5.74) is 3.26. The van der Waals surface area contributed by atoms with Gasteiger partial charge in [0.25, 0.3) is 5.91 Å². The van der Waals surface area contributed by atoms with Crippen molar-refractivity contribution in [2.24, 2.45) is 12.5 Å². The maximum absolute atomic E-state index is 13.3. The molecule has 7 nitrogen and oxygen atoms in total. The van der Waals surface area contributed by atoms with Gasteiger partial charge in [-0.3, -0.25) is 19.1 Å². The van der Waals surface area contributed by atoms with E-state index in [0.29, 0.717) is 38.8 Å². The molecule has 1 aromatic heterocycles. The number of Topliss-reactive ketones (excluding diaryl/α,β-unsaturated/α-hetero) is 2. The molecular weight excluding hydrogens is 404 g/mol. The standard InChI is InChI=1S/C25H28N4O3/c1-5-6-18-11-16(2)21(17(3)12-18)22-19(30)13-25(14-20(22)31)7-9-29(10-8-25)24(32)23-26-15-28(4)27-23/h11-12,15,22H,7-10,13-14H2,1-4H3. The summed E-state index contributed by atoms with van der Waals surface area (Å²) in [6.45, 7) is 6.70. The van der Waals surface area contributed by atoms with Crippen LogP contribution >= 0.6 is 0 Å². The molecule has 1 amide bonds. The Morgan fingerprint density at radius 2 is 1.69 bits per heavy atom. The van der Waals surface area contributed by atoms with Crippen LogP contribution in [0.2, 0.25) is 0 Å². The predicted molar refractivity (Wildman–Crippen MR) is 119 cm³/mol. The highest BCUT2D eigenvalue weighted by molar-refractivity contribution is 6.10. The van der Waals surface area contributed by atoms with Crippen molar-refractivity contribution in [1.29, 1.82) is 0 Å². The molecule has 0 atom stereocenters. The number of rotatable bonds is 2. The fourth-order valence-corrected chi connectivity index (χ4v) is 5.27. The summed E-state index contributed by atoms with van der Waals surface area (Å²) in [7, 11) is 1.72. The lowest BCUT2D eigenvalue weighted by atomic mass is 9.62. The van der Waals surface area contributed by atoms with Gasteiger partial charge in [-0.2, -0.15) is 0 Å². The van der Waals surface area contributed by atoms with Crippen LogP contribution in [0, 0.1) is 31.1 Å². The summed E-state index contributed by atoms with van der Waals surface area (Å²) in [6, 6.07) is 3.92. The minimum absolute atomic E-state index is 0.00653. The van der Waals surface area contributed by atoms with Crippen molar-refractivity contribution in [3.8, 4) is 11.8 Å². The highest BCUT2D eigenvalue weighted by Crippen LogP contribution is 2.46. The van der Waals surface area contributed by atoms with Crippen LogP contribution < -0.4 is 0 Å². The largest absolute Gasteiger partial charge is 0.336 e. The average molecular weight is 433 g/mol. The number of benzene rings is 1. The molecule has 1 aromatic carbocycles. The van der Waals surface area contributed by atoms with Gasteiger partial charge in [-0.05, 0) is 67.9 Å². The summed E-state index contributed by atoms with van der Waals surface area (Å²) in [5, 5.41) is 4.09. The number of hydrogen-bond donors (Lipinski definition) is 0. The molecule has 0 unspecified atom stereocenters. The van der Waals surface area contributed by atoms with Crippen molar-refractivity contribution in [2.45, 2.75) is 52.4 Å². The molecule has 2 aromatic rings. The lowest BCUT2D eigenvalue weighted by Crippen LogP contribution is -2.48. The molecule has 1 saturated carbocycles. The molecule has 2 heterocycles. The summed E-state index contributed by atoms with van der Waals surface area (Å²) in [5.74, 6) is 5.22. The van der Waals surface area contributed by atoms with Gasteiger partial charge in [0.1, 0.15) is 23.8 Å². The molecule has 1 aliphatic heterocycles. The number of carbonyl (C=O) groups is 3. The number of likely N-dealkylation sites (tertiary alicyclic amines) is 1. The normalized spacial score (nSPS) is 18.6. The van der Waals surface area contributed by atoms with Crippen molar-refractivity contribution < 1.29 is 14.4 Å². The molecule has 32 heavy (non-hydrogen) atoms. The molecule has 1 saturated heterocycles. The smallest absolute Gasteiger partial charge is 0.293 e. The van der Waals surface area contributed by atoms with Crippen LogP contribution in [-0.4, -0.2) is 50.2 Å². The van der Waals surface area contributed by atoms with Crippen molar-refractivity contribution >= 4 is 17.5 Å². The van der Waals surface area contributed by atoms with E-state index in [1.807, 2.05) is 26.0 Å². The Morgan fingerprint density at radius 3 is 2.19 bits per heavy atom. The van der Waals surface area contributed by atoms with Gasteiger partial charge in [0.15, 0.2) is 0 Å². The molecule has 2 fully saturated rings. The Labute approximate surface area is 188 Å². The molecule has 0 radical (unpaired) electrons. The highest BCUT2D eigenvalue weighted by Gasteiger charge is 2.48. The van der Waals surface area contributed by atoms with E-state index in [-0.39, 0.29) is 28.7 Å². The van der Waals surface area contributed by atoms with Crippen LogP contribution in [-0.2, 0) is 16.6 Å². The maximum atomic E-state index is 13.3. The number of amides is 1. The average Bonchev–Trinajstić information content (AvgIpc) is 3.16. The Bertz CT molecular complexity index is 1120. The highest BCUT2D eigenvalue weighted by atomic mass is 16.2. The van der Waals surface area contributed by atoms with E-state index < -0.39 is 5.92 Å². The summed E-state index contributed by atoms with van der Waals surface area (Å²) >= 11 is 0. The van der Waals surface area contributed by atoms with E-state index in [0.717, 1.165) is 22.3 Å². The molecule has 0 bridgehead atoms. The number of aryl methyl sites for hydroxylation is 3. The summed E-state index contributed by atoms with van der Waals surface area (Å²) in [6.07, 6.45) is 3.53. The monoisotopic (exact) mass is 432 g/mol. The first-order chi connectivity index (χ1) is 15.2. The second-order valence-electron chi connectivity index (χ2n) is 9.15. The van der Waals surface area contributed by atoms with Crippen LogP contribution in [0.1, 0.15) is 71.4 Å². The molecule has 4 rings (SSSR count). The van der Waals surface area contributed by atoms with Gasteiger partial charge in [-0.15, -0.1) is 11.0 Å². The van der Waals surface area contributed by atoms with Gasteiger partial charge >= 0.3 is 0 Å². The van der Waals surface area contributed by atoms with Gasteiger partial charge in [-0.25, -0.2) is 4.98 Å². The zero-order chi connectivity index (χ0) is 23.0. The quantitative estimate of drug-likeness (QED) is 0.538. The van der Waals surface area contributed by atoms with E-state index in [4.69, 9.17) is 0 Å². The van der Waals surface area contributed by atoms with Gasteiger partial charge in [0, 0.05) is 38.5 Å². The third-order valence-electron chi connectivity index (χ3n) is 6.80. The van der Waals surface area contributed by atoms with Crippen LogP contribution in [0.4, 0.5) is 0 Å². The SMILES string of the molecule is CC#Cc1cc(C)c(C2C(=O)CC3(CCN(C(=O)c4ncn(C)n4)CC3)CC2=O)c(C)c1. The molecule has 0 N–H and O–H groups in total. The first-order valence-corrected chi connectivity index (χ1v) is 11.0. The van der Waals surface area contributed by atoms with Crippen LogP contribution in [0.5, 0.6) is 0 Å². The zero-order valence-corrected chi connectivity index (χ0v) is 19.1. The molecule has 7 heteroatoms. The Balaban J connectivity index is 1.49. The summed E-state index contributed by atoms with van der Waals surface area (Å²) in [4.78, 5) is 45.0. The summed E-state index contributed by atoms with van der Waals surface area (Å²) < 4.78 is 1.50. The van der Waals surface area contributed by atoms with Crippen molar-refractivity contribution in [2.75, 3.05) is 13.1 Å². The number of ketones is 2. The number of nitrogens with zero attached hydrogens (tertiary/aromatic N) is 4. The molecule has 1 aliphatic carbocycles. The maximum Gasteiger partial charge on any atom is 0.293 e. The Hall–Kier alpha value is -3.27. The Morgan fingerprint density at radius 1 is 1.09 bits per heavy atom. The number of piperidine rings is 1. The van der Waals surface area contributed by atoms with E-state index in [9.17, 15) is 14.4 Å². The lowest BCUT2D eigenvalue weighted by molar-refractivity contribution is -0.138. The van der Waals surface area contributed by atoms with E-state index >= 15 is 0 Å². The minimum Gasteiger partial charge on any atom is -0.336 e. The number of hydrogen-bond acceptors (Lipinski definition) is 5. The number of carbonyl (C=O) groups excluding carboxylic acids is 3. The topological polar surface area (TPSA) is 85.2 Å². The van der Waals surface area contributed by atoms with Crippen molar-refractivity contribution in [3.63, 3.8) is 0 Å². The van der Waals surface area contributed by atoms with Crippen molar-refractivity contribution in [3.05, 3.63) is 46.5 Å². The van der Waals surface area contributed by atoms with Gasteiger partial charge in [0.05, 0.1) is 0 Å². The second kappa shape index (κ2) is 8.34. The first-order valence-electron chi connectivity index (χ1n) is 11.0. The van der Waals surface area contributed by atoms with E-state index in [1.54, 1.807) is 18.9 Å². The van der Waals surface area contributed by atoms with Crippen LogP contribution in [0.15, 0.2) is 18.5 Å². The van der Waals surface area contributed by atoms with Crippen LogP contribution in [0.3, 0.4) is 0 Å². The predicted octanol–water partition coefficient (Wildman–Crippen LogP) is 2.74. The van der Waals surface area contributed by atoms with Gasteiger partial charge < -0.3 is 4.90 Å². The Kier molecular flexibility index (Phi) is 5.72. The van der Waals surface area contributed by atoms with Crippen LogP contribution in [0.25, 0.3) is 0 Å². The van der Waals surface area contributed by atoms with E-state index in [1.165, 1.54) is 11.0 Å². The fraction of sp³-hybridized carbons (Fsp3) is 0.480. The van der Waals surface area contributed by atoms with Gasteiger partial charge in [-0.1, -0.05) is 5.92 Å². The third kappa shape index (κ3) is 3.97. The first kappa shape index (κ1) is 21.9. The van der Waals surface area contributed by atoms with Gasteiger partial charge in [0.2, 0.25) is 5.82 Å². The molecule has 166 valence electrons. The molecular formula is C25H28N4O3.